The van der Waals surface area contributed by atoms with Crippen molar-refractivity contribution in [2.45, 2.75) is 41.9 Å². The average Bonchev–Trinajstić information content (AvgIpc) is 2.87. The molecule has 1 aliphatic carbocycles. The predicted molar refractivity (Wildman–Crippen MR) is 86.1 cm³/mol. The zero-order valence-electron chi connectivity index (χ0n) is 11.5. The maximum absolute atomic E-state index is 12.3. The van der Waals surface area contributed by atoms with E-state index >= 15 is 0 Å². The molecular formula is C14H20ClNO2S2. The smallest absolute Gasteiger partial charge is 0.208 e. The molecule has 1 fully saturated rings. The summed E-state index contributed by atoms with van der Waals surface area (Å²) in [6.45, 7) is 0. The van der Waals surface area contributed by atoms with Gasteiger partial charge in [0.25, 0.3) is 0 Å². The number of thioether (sulfide) groups is 1. The highest BCUT2D eigenvalue weighted by Gasteiger charge is 2.28. The van der Waals surface area contributed by atoms with Crippen molar-refractivity contribution >= 4 is 33.4 Å². The monoisotopic (exact) mass is 333 g/mol. The molecule has 0 saturated heterocycles. The molecule has 0 amide bonds. The quantitative estimate of drug-likeness (QED) is 0.814. The van der Waals surface area contributed by atoms with Crippen molar-refractivity contribution in [1.82, 2.24) is 4.72 Å². The number of nitrogens with one attached hydrogen (secondary N) is 1. The van der Waals surface area contributed by atoms with Crippen LogP contribution in [0.4, 0.5) is 0 Å². The molecule has 0 heterocycles. The van der Waals surface area contributed by atoms with Crippen molar-refractivity contribution in [2.75, 3.05) is 12.1 Å². The Bertz CT molecular complexity index is 531. The van der Waals surface area contributed by atoms with Gasteiger partial charge in [0, 0.05) is 17.2 Å². The lowest BCUT2D eigenvalue weighted by molar-refractivity contribution is 0.552. The zero-order chi connectivity index (χ0) is 14.6. The first-order valence-electron chi connectivity index (χ1n) is 6.75. The lowest BCUT2D eigenvalue weighted by Crippen LogP contribution is -2.33. The summed E-state index contributed by atoms with van der Waals surface area (Å²) in [6.07, 6.45) is 5.77. The molecule has 3 nitrogen and oxygen atoms in total. The molecule has 1 aliphatic rings. The standard InChI is InChI=1S/C14H20ClNO2S2/c1-19-13-5-4-12(10-13)16-20(17,18)14-6-2-11(3-7-14)8-9-15/h2-3,6-7,12-13,16H,4-5,8-10H2,1H3. The van der Waals surface area contributed by atoms with Gasteiger partial charge in [-0.15, -0.1) is 11.6 Å². The van der Waals surface area contributed by atoms with E-state index in [1.165, 1.54) is 0 Å². The second kappa shape index (κ2) is 7.16. The van der Waals surface area contributed by atoms with Crippen LogP contribution < -0.4 is 4.72 Å². The van der Waals surface area contributed by atoms with Crippen LogP contribution in [0, 0.1) is 0 Å². The average molecular weight is 334 g/mol. The molecule has 6 heteroatoms. The van der Waals surface area contributed by atoms with Gasteiger partial charge in [-0.1, -0.05) is 12.1 Å². The van der Waals surface area contributed by atoms with Crippen LogP contribution in [0.15, 0.2) is 29.2 Å². The molecular weight excluding hydrogens is 314 g/mol. The SMILES string of the molecule is CSC1CCC(NS(=O)(=O)c2ccc(CCCl)cc2)C1. The minimum atomic E-state index is -3.40. The van der Waals surface area contributed by atoms with Gasteiger partial charge in [-0.05, 0) is 49.6 Å². The van der Waals surface area contributed by atoms with E-state index < -0.39 is 10.0 Å². The van der Waals surface area contributed by atoms with E-state index in [1.807, 2.05) is 23.9 Å². The molecule has 112 valence electrons. The van der Waals surface area contributed by atoms with Gasteiger partial charge < -0.3 is 0 Å². The fourth-order valence-corrected chi connectivity index (χ4v) is 4.79. The lowest BCUT2D eigenvalue weighted by atomic mass is 10.2. The van der Waals surface area contributed by atoms with Gasteiger partial charge in [-0.3, -0.25) is 0 Å². The Balaban J connectivity index is 2.03. The van der Waals surface area contributed by atoms with Crippen LogP contribution >= 0.6 is 23.4 Å². The molecule has 2 unspecified atom stereocenters. The van der Waals surface area contributed by atoms with Crippen molar-refractivity contribution < 1.29 is 8.42 Å². The van der Waals surface area contributed by atoms with Crippen molar-refractivity contribution in [2.24, 2.45) is 0 Å². The van der Waals surface area contributed by atoms with E-state index in [1.54, 1.807) is 12.1 Å². The first-order chi connectivity index (χ1) is 9.55. The number of alkyl halides is 1. The number of benzene rings is 1. The Morgan fingerprint density at radius 2 is 2.00 bits per heavy atom. The van der Waals surface area contributed by atoms with Crippen LogP contribution in [0.25, 0.3) is 0 Å². The molecule has 0 aliphatic heterocycles. The van der Waals surface area contributed by atoms with Gasteiger partial charge in [0.15, 0.2) is 0 Å². The van der Waals surface area contributed by atoms with Crippen molar-refractivity contribution in [3.8, 4) is 0 Å². The molecule has 1 aromatic carbocycles. The number of halogens is 1. The minimum absolute atomic E-state index is 0.0694. The first kappa shape index (κ1) is 16.1. The van der Waals surface area contributed by atoms with Gasteiger partial charge in [0.05, 0.1) is 4.90 Å². The van der Waals surface area contributed by atoms with Gasteiger partial charge in [-0.2, -0.15) is 11.8 Å². The molecule has 2 atom stereocenters. The van der Waals surface area contributed by atoms with Crippen molar-refractivity contribution in [1.29, 1.82) is 0 Å². The highest BCUT2D eigenvalue weighted by atomic mass is 35.5. The van der Waals surface area contributed by atoms with E-state index in [0.717, 1.165) is 31.2 Å². The normalized spacial score (nSPS) is 23.1. The number of sulfonamides is 1. The van der Waals surface area contributed by atoms with E-state index in [4.69, 9.17) is 11.6 Å². The first-order valence-corrected chi connectivity index (χ1v) is 10.1. The van der Waals surface area contributed by atoms with Crippen molar-refractivity contribution in [3.05, 3.63) is 29.8 Å². The van der Waals surface area contributed by atoms with E-state index in [2.05, 4.69) is 11.0 Å². The van der Waals surface area contributed by atoms with Crippen LogP contribution in [-0.2, 0) is 16.4 Å². The maximum Gasteiger partial charge on any atom is 0.240 e. The molecule has 1 aromatic rings. The third kappa shape index (κ3) is 4.13. The Morgan fingerprint density at radius 3 is 2.55 bits per heavy atom. The fourth-order valence-electron chi connectivity index (χ4n) is 2.49. The van der Waals surface area contributed by atoms with Crippen LogP contribution in [0.2, 0.25) is 0 Å². The zero-order valence-corrected chi connectivity index (χ0v) is 13.9. The van der Waals surface area contributed by atoms with Gasteiger partial charge >= 0.3 is 0 Å². The third-order valence-corrected chi connectivity index (χ3v) is 6.48. The summed E-state index contributed by atoms with van der Waals surface area (Å²) in [7, 11) is -3.40. The molecule has 2 rings (SSSR count). The molecule has 1 N–H and O–H groups in total. The van der Waals surface area contributed by atoms with Crippen LogP contribution in [0.3, 0.4) is 0 Å². The summed E-state index contributed by atoms with van der Waals surface area (Å²) in [4.78, 5) is 0.337. The summed E-state index contributed by atoms with van der Waals surface area (Å²) in [6, 6.07) is 7.04. The second-order valence-corrected chi connectivity index (χ2v) is 8.30. The van der Waals surface area contributed by atoms with E-state index in [-0.39, 0.29) is 6.04 Å². The van der Waals surface area contributed by atoms with Gasteiger partial charge in [0.2, 0.25) is 10.0 Å². The largest absolute Gasteiger partial charge is 0.240 e. The van der Waals surface area contributed by atoms with E-state index in [0.29, 0.717) is 16.0 Å². The number of rotatable bonds is 6. The molecule has 20 heavy (non-hydrogen) atoms. The van der Waals surface area contributed by atoms with E-state index in [9.17, 15) is 8.42 Å². The second-order valence-electron chi connectivity index (χ2n) is 5.07. The molecule has 0 spiro atoms. The minimum Gasteiger partial charge on any atom is -0.208 e. The van der Waals surface area contributed by atoms with Gasteiger partial charge in [0.1, 0.15) is 0 Å². The highest BCUT2D eigenvalue weighted by molar-refractivity contribution is 7.99. The number of hydrogen-bond donors (Lipinski definition) is 1. The highest BCUT2D eigenvalue weighted by Crippen LogP contribution is 2.29. The topological polar surface area (TPSA) is 46.2 Å². The predicted octanol–water partition coefficient (Wildman–Crippen LogP) is 3.03. The molecule has 0 radical (unpaired) electrons. The summed E-state index contributed by atoms with van der Waals surface area (Å²) < 4.78 is 27.4. The third-order valence-electron chi connectivity index (χ3n) is 3.66. The maximum atomic E-state index is 12.3. The summed E-state index contributed by atoms with van der Waals surface area (Å²) >= 11 is 7.49. The summed E-state index contributed by atoms with van der Waals surface area (Å²) in [5.41, 5.74) is 1.06. The Hall–Kier alpha value is -0.230. The Labute approximate surface area is 130 Å². The Kier molecular flexibility index (Phi) is 5.78. The lowest BCUT2D eigenvalue weighted by Gasteiger charge is -2.13. The Morgan fingerprint density at radius 1 is 1.30 bits per heavy atom. The van der Waals surface area contributed by atoms with Gasteiger partial charge in [-0.25, -0.2) is 13.1 Å². The van der Waals surface area contributed by atoms with Crippen LogP contribution in [0.5, 0.6) is 0 Å². The van der Waals surface area contributed by atoms with Crippen molar-refractivity contribution in [3.63, 3.8) is 0 Å². The summed E-state index contributed by atoms with van der Waals surface area (Å²) in [5.74, 6) is 0.544. The number of aryl methyl sites for hydroxylation is 1. The molecule has 0 aromatic heterocycles. The van der Waals surface area contributed by atoms with Crippen LogP contribution in [0.1, 0.15) is 24.8 Å². The fraction of sp³-hybridized carbons (Fsp3) is 0.571. The van der Waals surface area contributed by atoms with Crippen LogP contribution in [-0.4, -0.2) is 31.8 Å². The number of hydrogen-bond acceptors (Lipinski definition) is 3. The molecule has 0 bridgehead atoms. The molecule has 1 saturated carbocycles. The summed E-state index contributed by atoms with van der Waals surface area (Å²) in [5, 5.41) is 0.578.